The molecule has 0 bridgehead atoms. The highest BCUT2D eigenvalue weighted by Gasteiger charge is 2.18. The second-order valence-electron chi connectivity index (χ2n) is 4.91. The van der Waals surface area contributed by atoms with Crippen LogP contribution in [0.25, 0.3) is 5.69 Å². The Bertz CT molecular complexity index is 713. The summed E-state index contributed by atoms with van der Waals surface area (Å²) in [5.74, 6) is -0.137. The molecule has 0 aliphatic heterocycles. The molecule has 0 aliphatic carbocycles. The SMILES string of the molecule is CON(C)C(=O)Cc1c(C)nn(-c2ccc(Cl)c(Cl)c2)c1C. The first kappa shape index (κ1) is 16.8. The van der Waals surface area contributed by atoms with Gasteiger partial charge in [-0.1, -0.05) is 23.2 Å². The average Bonchev–Trinajstić information content (AvgIpc) is 2.77. The van der Waals surface area contributed by atoms with Crippen LogP contribution >= 0.6 is 23.2 Å². The Labute approximate surface area is 139 Å². The molecule has 0 unspecified atom stereocenters. The highest BCUT2D eigenvalue weighted by atomic mass is 35.5. The minimum Gasteiger partial charge on any atom is -0.275 e. The molecule has 0 saturated heterocycles. The van der Waals surface area contributed by atoms with Crippen LogP contribution < -0.4 is 0 Å². The number of aryl methyl sites for hydroxylation is 1. The van der Waals surface area contributed by atoms with Crippen molar-refractivity contribution < 1.29 is 9.63 Å². The van der Waals surface area contributed by atoms with Crippen LogP contribution in [-0.2, 0) is 16.1 Å². The van der Waals surface area contributed by atoms with Gasteiger partial charge in [0.15, 0.2) is 0 Å². The Kier molecular flexibility index (Phi) is 5.11. The van der Waals surface area contributed by atoms with E-state index in [0.29, 0.717) is 10.0 Å². The molecule has 1 aromatic heterocycles. The Morgan fingerprint density at radius 3 is 2.59 bits per heavy atom. The normalized spacial score (nSPS) is 10.8. The lowest BCUT2D eigenvalue weighted by Gasteiger charge is -2.13. The summed E-state index contributed by atoms with van der Waals surface area (Å²) in [5, 5.41) is 6.65. The van der Waals surface area contributed by atoms with E-state index in [0.717, 1.165) is 22.6 Å². The summed E-state index contributed by atoms with van der Waals surface area (Å²) in [5.41, 5.74) is 3.35. The highest BCUT2D eigenvalue weighted by molar-refractivity contribution is 6.42. The van der Waals surface area contributed by atoms with Crippen LogP contribution in [-0.4, -0.2) is 34.9 Å². The van der Waals surface area contributed by atoms with E-state index in [2.05, 4.69) is 5.10 Å². The zero-order valence-electron chi connectivity index (χ0n) is 12.9. The number of benzene rings is 1. The van der Waals surface area contributed by atoms with Crippen LogP contribution in [0.15, 0.2) is 18.2 Å². The maximum Gasteiger partial charge on any atom is 0.250 e. The van der Waals surface area contributed by atoms with Crippen molar-refractivity contribution in [3.8, 4) is 5.69 Å². The fourth-order valence-electron chi connectivity index (χ4n) is 2.16. The Hall–Kier alpha value is -1.56. The smallest absolute Gasteiger partial charge is 0.250 e. The van der Waals surface area contributed by atoms with Gasteiger partial charge in [-0.2, -0.15) is 5.10 Å². The maximum absolute atomic E-state index is 12.0. The van der Waals surface area contributed by atoms with E-state index in [1.165, 1.54) is 12.2 Å². The fourth-order valence-corrected chi connectivity index (χ4v) is 2.46. The van der Waals surface area contributed by atoms with Gasteiger partial charge in [-0.25, -0.2) is 9.75 Å². The number of hydrogen-bond donors (Lipinski definition) is 0. The lowest BCUT2D eigenvalue weighted by molar-refractivity contribution is -0.167. The number of rotatable bonds is 4. The van der Waals surface area contributed by atoms with E-state index in [1.54, 1.807) is 23.9 Å². The Morgan fingerprint density at radius 1 is 1.32 bits per heavy atom. The predicted octanol–water partition coefficient (Wildman–Crippen LogP) is 3.36. The van der Waals surface area contributed by atoms with Gasteiger partial charge < -0.3 is 0 Å². The van der Waals surface area contributed by atoms with Crippen molar-refractivity contribution >= 4 is 29.1 Å². The zero-order valence-corrected chi connectivity index (χ0v) is 14.4. The summed E-state index contributed by atoms with van der Waals surface area (Å²) in [6, 6.07) is 5.30. The van der Waals surface area contributed by atoms with Crippen molar-refractivity contribution in [1.29, 1.82) is 0 Å². The van der Waals surface area contributed by atoms with Crippen LogP contribution in [0.3, 0.4) is 0 Å². The van der Waals surface area contributed by atoms with E-state index in [1.807, 2.05) is 19.9 Å². The van der Waals surface area contributed by atoms with E-state index in [4.69, 9.17) is 28.0 Å². The lowest BCUT2D eigenvalue weighted by atomic mass is 10.1. The van der Waals surface area contributed by atoms with E-state index >= 15 is 0 Å². The third-order valence-corrected chi connectivity index (χ3v) is 4.28. The summed E-state index contributed by atoms with van der Waals surface area (Å²) in [7, 11) is 3.03. The van der Waals surface area contributed by atoms with Crippen LogP contribution in [0.4, 0.5) is 0 Å². The summed E-state index contributed by atoms with van der Waals surface area (Å²) in [6.07, 6.45) is 0.226. The van der Waals surface area contributed by atoms with Crippen molar-refractivity contribution in [2.24, 2.45) is 0 Å². The van der Waals surface area contributed by atoms with Gasteiger partial charge in [0.1, 0.15) is 0 Å². The molecule has 2 aromatic rings. The zero-order chi connectivity index (χ0) is 16.4. The number of carbonyl (C=O) groups is 1. The summed E-state index contributed by atoms with van der Waals surface area (Å²) < 4.78 is 1.76. The molecule has 0 fully saturated rings. The van der Waals surface area contributed by atoms with Crippen molar-refractivity contribution in [1.82, 2.24) is 14.8 Å². The number of hydroxylamine groups is 2. The molecular weight excluding hydrogens is 325 g/mol. The van der Waals surface area contributed by atoms with Crippen molar-refractivity contribution in [3.63, 3.8) is 0 Å². The van der Waals surface area contributed by atoms with Gasteiger partial charge in [0.05, 0.1) is 35.0 Å². The Balaban J connectivity index is 2.38. The first-order valence-corrected chi connectivity index (χ1v) is 7.42. The summed E-state index contributed by atoms with van der Waals surface area (Å²) in [4.78, 5) is 16.9. The average molecular weight is 342 g/mol. The number of carbonyl (C=O) groups excluding carboxylic acids is 1. The molecule has 7 heteroatoms. The molecule has 0 saturated carbocycles. The predicted molar refractivity (Wildman–Crippen MR) is 86.5 cm³/mol. The van der Waals surface area contributed by atoms with Crippen LogP contribution in [0.5, 0.6) is 0 Å². The first-order valence-electron chi connectivity index (χ1n) is 6.66. The molecule has 0 spiro atoms. The van der Waals surface area contributed by atoms with Crippen LogP contribution in [0, 0.1) is 13.8 Å². The van der Waals surface area contributed by atoms with E-state index in [-0.39, 0.29) is 12.3 Å². The number of halogens is 2. The van der Waals surface area contributed by atoms with E-state index < -0.39 is 0 Å². The quantitative estimate of drug-likeness (QED) is 0.801. The summed E-state index contributed by atoms with van der Waals surface area (Å²) in [6.45, 7) is 3.79. The number of amides is 1. The van der Waals surface area contributed by atoms with Gasteiger partial charge in [-0.05, 0) is 32.0 Å². The molecule has 0 N–H and O–H groups in total. The highest BCUT2D eigenvalue weighted by Crippen LogP contribution is 2.26. The third kappa shape index (κ3) is 3.27. The van der Waals surface area contributed by atoms with Gasteiger partial charge in [0.25, 0.3) is 0 Å². The van der Waals surface area contributed by atoms with Gasteiger partial charge >= 0.3 is 0 Å². The van der Waals surface area contributed by atoms with Gasteiger partial charge in [-0.3, -0.25) is 9.63 Å². The second-order valence-corrected chi connectivity index (χ2v) is 5.72. The molecule has 2 rings (SSSR count). The fraction of sp³-hybridized carbons (Fsp3) is 0.333. The molecule has 1 aromatic carbocycles. The molecule has 22 heavy (non-hydrogen) atoms. The lowest BCUT2D eigenvalue weighted by Crippen LogP contribution is -2.27. The van der Waals surface area contributed by atoms with Crippen LogP contribution in [0.2, 0.25) is 10.0 Å². The van der Waals surface area contributed by atoms with Crippen molar-refractivity contribution in [2.75, 3.05) is 14.2 Å². The molecule has 118 valence electrons. The molecule has 0 atom stereocenters. The minimum atomic E-state index is -0.137. The molecule has 0 radical (unpaired) electrons. The topological polar surface area (TPSA) is 47.4 Å². The molecular formula is C15H17Cl2N3O2. The minimum absolute atomic E-state index is 0.137. The van der Waals surface area contributed by atoms with Gasteiger partial charge in [0, 0.05) is 18.3 Å². The number of nitrogens with zero attached hydrogens (tertiary/aromatic N) is 3. The summed E-state index contributed by atoms with van der Waals surface area (Å²) >= 11 is 12.0. The number of likely N-dealkylation sites (N-methyl/N-ethyl adjacent to an activating group) is 1. The first-order chi connectivity index (χ1) is 10.3. The van der Waals surface area contributed by atoms with Gasteiger partial charge in [0.2, 0.25) is 5.91 Å². The largest absolute Gasteiger partial charge is 0.275 e. The van der Waals surface area contributed by atoms with Crippen LogP contribution in [0.1, 0.15) is 17.0 Å². The number of hydrogen-bond acceptors (Lipinski definition) is 3. The van der Waals surface area contributed by atoms with Gasteiger partial charge in [-0.15, -0.1) is 0 Å². The molecule has 5 nitrogen and oxygen atoms in total. The standard InChI is InChI=1S/C15H17Cl2N3O2/c1-9-12(8-15(21)19(3)22-4)10(2)20(18-9)11-5-6-13(16)14(17)7-11/h5-7H,8H2,1-4H3. The van der Waals surface area contributed by atoms with Crippen molar-refractivity contribution in [2.45, 2.75) is 20.3 Å². The molecule has 1 amide bonds. The molecule has 1 heterocycles. The second kappa shape index (κ2) is 6.69. The number of aromatic nitrogens is 2. The van der Waals surface area contributed by atoms with E-state index in [9.17, 15) is 4.79 Å². The third-order valence-electron chi connectivity index (χ3n) is 3.54. The monoisotopic (exact) mass is 341 g/mol. The van der Waals surface area contributed by atoms with Crippen molar-refractivity contribution in [3.05, 3.63) is 45.2 Å². The molecule has 0 aliphatic rings. The maximum atomic E-state index is 12.0. The Morgan fingerprint density at radius 2 is 2.00 bits per heavy atom.